The number of ether oxygens (including phenoxy) is 1. The van der Waals surface area contributed by atoms with Gasteiger partial charge in [0, 0.05) is 0 Å². The van der Waals surface area contributed by atoms with E-state index in [2.05, 4.69) is 17.4 Å². The number of hydrogen-bond donors (Lipinski definition) is 1. The summed E-state index contributed by atoms with van der Waals surface area (Å²) in [5, 5.41) is 3.14. The number of esters is 1. The second kappa shape index (κ2) is 7.01. The molecule has 0 aliphatic carbocycles. The van der Waals surface area contributed by atoms with Gasteiger partial charge in [0.15, 0.2) is 0 Å². The van der Waals surface area contributed by atoms with Gasteiger partial charge in [0.2, 0.25) is 0 Å². The van der Waals surface area contributed by atoms with Gasteiger partial charge in [0.25, 0.3) is 0 Å². The molecule has 1 N–H and O–H groups in total. The third kappa shape index (κ3) is 4.45. The Balaban J connectivity index is 2.23. The SMILES string of the molecule is CCOC(=O)[C@H](C)NCCc1ccccc1. The molecule has 0 heterocycles. The summed E-state index contributed by atoms with van der Waals surface area (Å²) in [6.07, 6.45) is 0.921. The van der Waals surface area contributed by atoms with E-state index in [0.29, 0.717) is 6.61 Å². The van der Waals surface area contributed by atoms with Crippen molar-refractivity contribution in [1.82, 2.24) is 5.32 Å². The molecule has 0 saturated carbocycles. The van der Waals surface area contributed by atoms with E-state index >= 15 is 0 Å². The van der Waals surface area contributed by atoms with E-state index in [1.807, 2.05) is 32.0 Å². The van der Waals surface area contributed by atoms with Gasteiger partial charge in [-0.2, -0.15) is 0 Å². The van der Waals surface area contributed by atoms with Crippen LogP contribution in [0.5, 0.6) is 0 Å². The largest absolute Gasteiger partial charge is 0.465 e. The summed E-state index contributed by atoms with van der Waals surface area (Å²) >= 11 is 0. The van der Waals surface area contributed by atoms with Crippen molar-refractivity contribution in [3.8, 4) is 0 Å². The third-order valence-corrected chi connectivity index (χ3v) is 2.35. The Kier molecular flexibility index (Phi) is 5.57. The minimum absolute atomic E-state index is 0.185. The van der Waals surface area contributed by atoms with Crippen LogP contribution in [0.15, 0.2) is 30.3 Å². The number of rotatable bonds is 6. The molecule has 3 heteroatoms. The lowest BCUT2D eigenvalue weighted by molar-refractivity contribution is -0.145. The Labute approximate surface area is 96.8 Å². The predicted octanol–water partition coefficient (Wildman–Crippen LogP) is 1.77. The van der Waals surface area contributed by atoms with E-state index < -0.39 is 0 Å². The van der Waals surface area contributed by atoms with Crippen molar-refractivity contribution in [2.24, 2.45) is 0 Å². The van der Waals surface area contributed by atoms with Crippen molar-refractivity contribution in [3.63, 3.8) is 0 Å². The molecule has 0 aliphatic rings. The molecule has 1 aromatic rings. The molecule has 0 saturated heterocycles. The zero-order valence-electron chi connectivity index (χ0n) is 9.90. The van der Waals surface area contributed by atoms with Crippen LogP contribution in [0.1, 0.15) is 19.4 Å². The third-order valence-electron chi connectivity index (χ3n) is 2.35. The van der Waals surface area contributed by atoms with Gasteiger partial charge in [-0.1, -0.05) is 30.3 Å². The molecule has 3 nitrogen and oxygen atoms in total. The summed E-state index contributed by atoms with van der Waals surface area (Å²) in [5.41, 5.74) is 1.27. The number of carbonyl (C=O) groups excluding carboxylic acids is 1. The minimum Gasteiger partial charge on any atom is -0.465 e. The number of carbonyl (C=O) groups is 1. The highest BCUT2D eigenvalue weighted by atomic mass is 16.5. The maximum Gasteiger partial charge on any atom is 0.322 e. The first-order chi connectivity index (χ1) is 7.74. The van der Waals surface area contributed by atoms with Gasteiger partial charge < -0.3 is 10.1 Å². The summed E-state index contributed by atoms with van der Waals surface area (Å²) in [4.78, 5) is 11.3. The molecular formula is C13H19NO2. The zero-order valence-corrected chi connectivity index (χ0v) is 9.90. The molecule has 0 radical (unpaired) electrons. The Bertz CT molecular complexity index is 311. The van der Waals surface area contributed by atoms with Gasteiger partial charge in [-0.3, -0.25) is 4.79 Å². The number of hydrogen-bond acceptors (Lipinski definition) is 3. The van der Waals surface area contributed by atoms with E-state index in [1.54, 1.807) is 0 Å². The maximum atomic E-state index is 11.3. The normalized spacial score (nSPS) is 12.1. The molecule has 0 spiro atoms. The monoisotopic (exact) mass is 221 g/mol. The van der Waals surface area contributed by atoms with Gasteiger partial charge in [0.1, 0.15) is 6.04 Å². The van der Waals surface area contributed by atoms with E-state index in [-0.39, 0.29) is 12.0 Å². The molecule has 0 amide bonds. The van der Waals surface area contributed by atoms with E-state index in [0.717, 1.165) is 13.0 Å². The quantitative estimate of drug-likeness (QED) is 0.744. The fourth-order valence-corrected chi connectivity index (χ4v) is 1.43. The van der Waals surface area contributed by atoms with Gasteiger partial charge in [0.05, 0.1) is 6.61 Å². The fourth-order valence-electron chi connectivity index (χ4n) is 1.43. The highest BCUT2D eigenvalue weighted by molar-refractivity contribution is 5.75. The van der Waals surface area contributed by atoms with E-state index in [9.17, 15) is 4.79 Å². The first-order valence-corrected chi connectivity index (χ1v) is 5.68. The van der Waals surface area contributed by atoms with Crippen LogP contribution >= 0.6 is 0 Å². The zero-order chi connectivity index (χ0) is 11.8. The van der Waals surface area contributed by atoms with Crippen LogP contribution in [-0.2, 0) is 16.0 Å². The second-order valence-electron chi connectivity index (χ2n) is 3.66. The van der Waals surface area contributed by atoms with Crippen molar-refractivity contribution < 1.29 is 9.53 Å². The van der Waals surface area contributed by atoms with Crippen LogP contribution in [0.4, 0.5) is 0 Å². The van der Waals surface area contributed by atoms with Gasteiger partial charge in [-0.15, -0.1) is 0 Å². The molecular weight excluding hydrogens is 202 g/mol. The predicted molar refractivity (Wildman–Crippen MR) is 64.2 cm³/mol. The average Bonchev–Trinajstić information content (AvgIpc) is 2.30. The molecule has 0 fully saturated rings. The molecule has 0 bridgehead atoms. The highest BCUT2D eigenvalue weighted by Crippen LogP contribution is 1.98. The molecule has 1 atom stereocenters. The van der Waals surface area contributed by atoms with Gasteiger partial charge in [-0.05, 0) is 32.4 Å². The molecule has 0 unspecified atom stereocenters. The van der Waals surface area contributed by atoms with Crippen LogP contribution in [0.25, 0.3) is 0 Å². The standard InChI is InChI=1S/C13H19NO2/c1-3-16-13(15)11(2)14-10-9-12-7-5-4-6-8-12/h4-8,11,14H,3,9-10H2,1-2H3/t11-/m0/s1. The smallest absolute Gasteiger partial charge is 0.322 e. The van der Waals surface area contributed by atoms with Crippen LogP contribution in [-0.4, -0.2) is 25.2 Å². The summed E-state index contributed by atoms with van der Waals surface area (Å²) in [7, 11) is 0. The van der Waals surface area contributed by atoms with Crippen LogP contribution < -0.4 is 5.32 Å². The van der Waals surface area contributed by atoms with Crippen molar-refractivity contribution in [3.05, 3.63) is 35.9 Å². The molecule has 1 aromatic carbocycles. The second-order valence-corrected chi connectivity index (χ2v) is 3.66. The highest BCUT2D eigenvalue weighted by Gasteiger charge is 2.11. The minimum atomic E-state index is -0.233. The summed E-state index contributed by atoms with van der Waals surface area (Å²) in [6, 6.07) is 9.96. The molecule has 0 aliphatic heterocycles. The molecule has 88 valence electrons. The summed E-state index contributed by atoms with van der Waals surface area (Å²) in [5.74, 6) is -0.185. The van der Waals surface area contributed by atoms with E-state index in [4.69, 9.17) is 4.74 Å². The van der Waals surface area contributed by atoms with Crippen LogP contribution in [0.3, 0.4) is 0 Å². The Morgan fingerprint density at radius 3 is 2.69 bits per heavy atom. The maximum absolute atomic E-state index is 11.3. The van der Waals surface area contributed by atoms with Crippen molar-refractivity contribution >= 4 is 5.97 Å². The lowest BCUT2D eigenvalue weighted by atomic mass is 10.1. The number of nitrogens with one attached hydrogen (secondary N) is 1. The summed E-state index contributed by atoms with van der Waals surface area (Å²) < 4.78 is 4.90. The fraction of sp³-hybridized carbons (Fsp3) is 0.462. The lowest BCUT2D eigenvalue weighted by Gasteiger charge is -2.12. The Morgan fingerprint density at radius 2 is 2.06 bits per heavy atom. The number of benzene rings is 1. The van der Waals surface area contributed by atoms with Crippen LogP contribution in [0.2, 0.25) is 0 Å². The van der Waals surface area contributed by atoms with E-state index in [1.165, 1.54) is 5.56 Å². The van der Waals surface area contributed by atoms with Crippen molar-refractivity contribution in [2.75, 3.05) is 13.2 Å². The van der Waals surface area contributed by atoms with Crippen molar-refractivity contribution in [2.45, 2.75) is 26.3 Å². The van der Waals surface area contributed by atoms with Gasteiger partial charge >= 0.3 is 5.97 Å². The van der Waals surface area contributed by atoms with Gasteiger partial charge in [-0.25, -0.2) is 0 Å². The molecule has 1 rings (SSSR count). The average molecular weight is 221 g/mol. The van der Waals surface area contributed by atoms with Crippen molar-refractivity contribution in [1.29, 1.82) is 0 Å². The lowest BCUT2D eigenvalue weighted by Crippen LogP contribution is -2.36. The Morgan fingerprint density at radius 1 is 1.38 bits per heavy atom. The topological polar surface area (TPSA) is 38.3 Å². The molecule has 0 aromatic heterocycles. The summed E-state index contributed by atoms with van der Waals surface area (Å²) in [6.45, 7) is 4.85. The Hall–Kier alpha value is -1.35. The first-order valence-electron chi connectivity index (χ1n) is 5.68. The van der Waals surface area contributed by atoms with Crippen LogP contribution in [0, 0.1) is 0 Å². The first kappa shape index (κ1) is 12.7. The molecule has 16 heavy (non-hydrogen) atoms.